The lowest BCUT2D eigenvalue weighted by Gasteiger charge is -2.12. The molecular weight excluding hydrogens is 485 g/mol. The van der Waals surface area contributed by atoms with Crippen LogP contribution in [-0.2, 0) is 11.0 Å². The quantitative estimate of drug-likeness (QED) is 0.265. The summed E-state index contributed by atoms with van der Waals surface area (Å²) in [5.74, 6) is 0.190. The first-order chi connectivity index (χ1) is 16.2. The van der Waals surface area contributed by atoms with Crippen molar-refractivity contribution in [2.24, 2.45) is 4.99 Å². The second-order valence-corrected chi connectivity index (χ2v) is 8.86. The minimum Gasteiger partial charge on any atom is -0.457 e. The molecule has 3 aromatic rings. The number of thioether (sulfide) groups is 1. The highest BCUT2D eigenvalue weighted by molar-refractivity contribution is 8.18. The molecule has 2 heterocycles. The van der Waals surface area contributed by atoms with Gasteiger partial charge in [-0.15, -0.1) is 6.58 Å². The molecule has 0 radical (unpaired) electrons. The maximum Gasteiger partial charge on any atom is 0.416 e. The number of carbonyl (C=O) groups is 1. The number of hydrogen-bond acceptors (Lipinski definition) is 4. The third-order valence-corrected chi connectivity index (χ3v) is 6.25. The summed E-state index contributed by atoms with van der Waals surface area (Å²) in [5, 5.41) is 0.616. The second kappa shape index (κ2) is 9.56. The Kier molecular flexibility index (Phi) is 6.72. The average molecular weight is 503 g/mol. The number of halogens is 4. The van der Waals surface area contributed by atoms with Gasteiger partial charge in [-0.3, -0.25) is 9.69 Å². The topological polar surface area (TPSA) is 45.8 Å². The molecule has 0 unspecified atom stereocenters. The highest BCUT2D eigenvalue weighted by Gasteiger charge is 2.33. The lowest BCUT2D eigenvalue weighted by molar-refractivity contribution is -0.137. The number of amidine groups is 1. The number of carbonyl (C=O) groups excluding carboxylic acids is 1. The minimum absolute atomic E-state index is 0.112. The third kappa shape index (κ3) is 5.13. The van der Waals surface area contributed by atoms with E-state index in [1.165, 1.54) is 34.9 Å². The molecule has 4 nitrogen and oxygen atoms in total. The van der Waals surface area contributed by atoms with Crippen LogP contribution in [0.15, 0.2) is 81.6 Å². The Bertz CT molecular complexity index is 1310. The number of furan rings is 1. The van der Waals surface area contributed by atoms with Crippen LogP contribution in [0.2, 0.25) is 5.02 Å². The molecule has 4 rings (SSSR count). The fourth-order valence-electron chi connectivity index (χ4n) is 3.21. The normalized spacial score (nSPS) is 16.6. The molecule has 0 aliphatic carbocycles. The van der Waals surface area contributed by atoms with E-state index in [1.807, 2.05) is 31.2 Å². The number of amides is 1. The molecule has 1 amide bonds. The number of rotatable bonds is 5. The van der Waals surface area contributed by atoms with Crippen LogP contribution in [0.4, 0.5) is 18.9 Å². The molecule has 1 aliphatic heterocycles. The Labute approximate surface area is 203 Å². The van der Waals surface area contributed by atoms with Gasteiger partial charge in [-0.1, -0.05) is 35.4 Å². The largest absolute Gasteiger partial charge is 0.457 e. The molecule has 2 aromatic carbocycles. The van der Waals surface area contributed by atoms with Crippen molar-refractivity contribution in [3.63, 3.8) is 0 Å². The van der Waals surface area contributed by atoms with Gasteiger partial charge >= 0.3 is 6.18 Å². The SMILES string of the molecule is C=CCN1C(=O)C(=Cc2ccc(-c3cc(C(F)(F)F)ccc3Cl)o2)SC1=Nc1ccc(C)cc1. The monoisotopic (exact) mass is 502 g/mol. The van der Waals surface area contributed by atoms with Crippen LogP contribution in [0, 0.1) is 6.92 Å². The van der Waals surface area contributed by atoms with Crippen LogP contribution < -0.4 is 0 Å². The smallest absolute Gasteiger partial charge is 0.416 e. The summed E-state index contributed by atoms with van der Waals surface area (Å²) in [6.45, 7) is 5.95. The second-order valence-electron chi connectivity index (χ2n) is 7.44. The molecule has 0 saturated carbocycles. The van der Waals surface area contributed by atoms with Crippen LogP contribution in [0.5, 0.6) is 0 Å². The van der Waals surface area contributed by atoms with Crippen LogP contribution >= 0.6 is 23.4 Å². The zero-order valence-corrected chi connectivity index (χ0v) is 19.5. The predicted octanol–water partition coefficient (Wildman–Crippen LogP) is 7.72. The van der Waals surface area contributed by atoms with Crippen molar-refractivity contribution in [2.75, 3.05) is 6.54 Å². The van der Waals surface area contributed by atoms with Crippen LogP contribution in [-0.4, -0.2) is 22.5 Å². The molecule has 0 atom stereocenters. The Morgan fingerprint density at radius 1 is 1.15 bits per heavy atom. The molecule has 1 saturated heterocycles. The Morgan fingerprint density at radius 2 is 1.88 bits per heavy atom. The van der Waals surface area contributed by atoms with E-state index in [0.29, 0.717) is 21.5 Å². The van der Waals surface area contributed by atoms with E-state index in [0.717, 1.165) is 17.7 Å². The van der Waals surface area contributed by atoms with Crippen molar-refractivity contribution in [2.45, 2.75) is 13.1 Å². The molecule has 0 N–H and O–H groups in total. The molecular formula is C25H18ClF3N2O2S. The summed E-state index contributed by atoms with van der Waals surface area (Å²) in [6.07, 6.45) is -1.37. The van der Waals surface area contributed by atoms with Crippen LogP contribution in [0.1, 0.15) is 16.9 Å². The lowest BCUT2D eigenvalue weighted by Crippen LogP contribution is -2.29. The average Bonchev–Trinajstić information content (AvgIpc) is 3.35. The van der Waals surface area contributed by atoms with Gasteiger partial charge in [-0.2, -0.15) is 13.2 Å². The standard InChI is InChI=1S/C25H18ClF3N2O2S/c1-3-12-31-23(32)22(34-24(31)30-17-7-4-15(2)5-8-17)14-18-9-11-21(33-18)19-13-16(25(27,28)29)6-10-20(19)26/h3-11,13-14H,1,12H2,2H3. The van der Waals surface area contributed by atoms with Gasteiger partial charge in [-0.05, 0) is 61.2 Å². The maximum atomic E-state index is 13.1. The lowest BCUT2D eigenvalue weighted by atomic mass is 10.1. The molecule has 0 bridgehead atoms. The van der Waals surface area contributed by atoms with E-state index >= 15 is 0 Å². The van der Waals surface area contributed by atoms with Crippen molar-refractivity contribution in [1.29, 1.82) is 0 Å². The Hall–Kier alpha value is -3.23. The van der Waals surface area contributed by atoms with Gasteiger partial charge in [0.05, 0.1) is 21.2 Å². The van der Waals surface area contributed by atoms with E-state index in [4.69, 9.17) is 16.0 Å². The number of benzene rings is 2. The highest BCUT2D eigenvalue weighted by Crippen LogP contribution is 2.38. The van der Waals surface area contributed by atoms with E-state index in [2.05, 4.69) is 11.6 Å². The first-order valence-electron chi connectivity index (χ1n) is 10.1. The van der Waals surface area contributed by atoms with Crippen LogP contribution in [0.3, 0.4) is 0 Å². The summed E-state index contributed by atoms with van der Waals surface area (Å²) >= 11 is 7.29. The van der Waals surface area contributed by atoms with Crippen molar-refractivity contribution in [3.05, 3.63) is 94.1 Å². The summed E-state index contributed by atoms with van der Waals surface area (Å²) < 4.78 is 45.0. The summed E-state index contributed by atoms with van der Waals surface area (Å²) in [5.41, 5.74) is 1.08. The van der Waals surface area contributed by atoms with Gasteiger partial charge in [0, 0.05) is 18.2 Å². The van der Waals surface area contributed by atoms with E-state index < -0.39 is 11.7 Å². The first kappa shape index (κ1) is 23.9. The number of hydrogen-bond donors (Lipinski definition) is 0. The molecule has 9 heteroatoms. The fourth-order valence-corrected chi connectivity index (χ4v) is 4.40. The third-order valence-electron chi connectivity index (χ3n) is 4.92. The fraction of sp³-hybridized carbons (Fsp3) is 0.120. The first-order valence-corrected chi connectivity index (χ1v) is 11.3. The Morgan fingerprint density at radius 3 is 2.56 bits per heavy atom. The number of alkyl halides is 3. The minimum atomic E-state index is -4.51. The summed E-state index contributed by atoms with van der Waals surface area (Å²) in [4.78, 5) is 19.4. The maximum absolute atomic E-state index is 13.1. The van der Waals surface area contributed by atoms with E-state index in [9.17, 15) is 18.0 Å². The summed E-state index contributed by atoms with van der Waals surface area (Å²) in [6, 6.07) is 13.7. The summed E-state index contributed by atoms with van der Waals surface area (Å²) in [7, 11) is 0. The van der Waals surface area contributed by atoms with Crippen molar-refractivity contribution < 1.29 is 22.4 Å². The van der Waals surface area contributed by atoms with Gasteiger partial charge in [0.25, 0.3) is 5.91 Å². The number of nitrogens with zero attached hydrogens (tertiary/aromatic N) is 2. The van der Waals surface area contributed by atoms with E-state index in [-0.39, 0.29) is 28.8 Å². The van der Waals surface area contributed by atoms with Crippen molar-refractivity contribution in [1.82, 2.24) is 4.90 Å². The van der Waals surface area contributed by atoms with Gasteiger partial charge < -0.3 is 4.42 Å². The van der Waals surface area contributed by atoms with Gasteiger partial charge in [-0.25, -0.2) is 4.99 Å². The predicted molar refractivity (Wildman–Crippen MR) is 130 cm³/mol. The van der Waals surface area contributed by atoms with Crippen molar-refractivity contribution >= 4 is 46.2 Å². The molecule has 0 spiro atoms. The van der Waals surface area contributed by atoms with Gasteiger partial charge in [0.2, 0.25) is 0 Å². The molecule has 1 aromatic heterocycles. The van der Waals surface area contributed by atoms with Gasteiger partial charge in [0.15, 0.2) is 5.17 Å². The number of aryl methyl sites for hydroxylation is 1. The molecule has 34 heavy (non-hydrogen) atoms. The van der Waals surface area contributed by atoms with Crippen LogP contribution in [0.25, 0.3) is 17.4 Å². The van der Waals surface area contributed by atoms with Gasteiger partial charge in [0.1, 0.15) is 11.5 Å². The zero-order valence-electron chi connectivity index (χ0n) is 17.9. The highest BCUT2D eigenvalue weighted by atomic mass is 35.5. The molecule has 174 valence electrons. The number of aliphatic imine (C=N–C) groups is 1. The van der Waals surface area contributed by atoms with Crippen molar-refractivity contribution in [3.8, 4) is 11.3 Å². The Balaban J connectivity index is 1.64. The zero-order chi connectivity index (χ0) is 24.5. The molecule has 1 aliphatic rings. The molecule has 1 fully saturated rings. The van der Waals surface area contributed by atoms with E-state index in [1.54, 1.807) is 12.1 Å².